The zero-order valence-electron chi connectivity index (χ0n) is 23.3. The maximum absolute atomic E-state index is 14.9. The van der Waals surface area contributed by atoms with Crippen molar-refractivity contribution in [1.29, 1.82) is 0 Å². The number of amides is 2. The molecule has 2 amide bonds. The molecule has 7 nitrogen and oxygen atoms in total. The fourth-order valence-electron chi connectivity index (χ4n) is 5.03. The molecule has 0 aliphatic carbocycles. The van der Waals surface area contributed by atoms with Crippen LogP contribution < -0.4 is 5.73 Å². The van der Waals surface area contributed by atoms with Crippen LogP contribution in [0.5, 0.6) is 0 Å². The number of morpholine rings is 1. The molecular weight excluding hydrogens is 519 g/mol. The zero-order chi connectivity index (χ0) is 28.9. The van der Waals surface area contributed by atoms with Gasteiger partial charge < -0.3 is 24.8 Å². The molecule has 2 heterocycles. The van der Waals surface area contributed by atoms with Crippen LogP contribution in [0.1, 0.15) is 44.6 Å². The molecule has 2 aromatic carbocycles. The third-order valence-corrected chi connectivity index (χ3v) is 7.05. The first kappa shape index (κ1) is 29.6. The average Bonchev–Trinajstić information content (AvgIpc) is 3.34. The largest absolute Gasteiger partial charge is 0.378 e. The van der Waals surface area contributed by atoms with Crippen LogP contribution in [0.3, 0.4) is 0 Å². The van der Waals surface area contributed by atoms with Gasteiger partial charge in [0.2, 0.25) is 0 Å². The van der Waals surface area contributed by atoms with Gasteiger partial charge in [-0.1, -0.05) is 51.1 Å². The van der Waals surface area contributed by atoms with Gasteiger partial charge in [0.25, 0.3) is 0 Å². The zero-order valence-corrected chi connectivity index (χ0v) is 23.3. The summed E-state index contributed by atoms with van der Waals surface area (Å²) in [5.41, 5.74) is 6.68. The molecule has 4 rings (SSSR count). The predicted molar refractivity (Wildman–Crippen MR) is 148 cm³/mol. The molecule has 1 fully saturated rings. The number of nitrogens with zero attached hydrogens (tertiary/aromatic N) is 4. The van der Waals surface area contributed by atoms with Crippen LogP contribution in [0.15, 0.2) is 54.7 Å². The van der Waals surface area contributed by atoms with Crippen molar-refractivity contribution in [1.82, 2.24) is 19.4 Å². The molecule has 0 unspecified atom stereocenters. The molecule has 0 radical (unpaired) electrons. The van der Waals surface area contributed by atoms with Gasteiger partial charge in [-0.15, -0.1) is 0 Å². The molecular formula is C30H38F3N5O2. The number of hydrogen-bond acceptors (Lipinski definition) is 4. The molecule has 0 spiro atoms. The number of carbonyl (C=O) groups excluding carboxylic acids is 1. The predicted octanol–water partition coefficient (Wildman–Crippen LogP) is 5.40. The number of hydrogen-bond donors (Lipinski definition) is 1. The standard InChI is InChI=1S/C30H38F3N5O2/c1-30(2,3)27(38(12-11-23(34)18-31)29(39)36-13-15-40-16-14-36)28-35-26(24-17-22(32)9-10-25(24)33)20-37(28)19-21-7-5-4-6-8-21/h4-10,17,20,23,27H,11-16,18-19,34H2,1-3H3/t23-,27+/m0/s1. The molecule has 40 heavy (non-hydrogen) atoms. The summed E-state index contributed by atoms with van der Waals surface area (Å²) in [6.45, 7) is 7.60. The molecule has 216 valence electrons. The number of nitrogens with two attached hydrogens (primary N) is 1. The minimum atomic E-state index is -0.721. The minimum Gasteiger partial charge on any atom is -0.378 e. The molecule has 1 aromatic heterocycles. The lowest BCUT2D eigenvalue weighted by Gasteiger charge is -2.43. The van der Waals surface area contributed by atoms with Gasteiger partial charge in [-0.25, -0.2) is 22.9 Å². The fraction of sp³-hybridized carbons (Fsp3) is 0.467. The van der Waals surface area contributed by atoms with Gasteiger partial charge in [0.15, 0.2) is 0 Å². The quantitative estimate of drug-likeness (QED) is 0.382. The minimum absolute atomic E-state index is 0.0335. The Morgan fingerprint density at radius 3 is 2.48 bits per heavy atom. The van der Waals surface area contributed by atoms with E-state index in [2.05, 4.69) is 0 Å². The van der Waals surface area contributed by atoms with Crippen LogP contribution in [-0.2, 0) is 11.3 Å². The van der Waals surface area contributed by atoms with Crippen LogP contribution >= 0.6 is 0 Å². The van der Waals surface area contributed by atoms with Gasteiger partial charge in [-0.05, 0) is 35.6 Å². The summed E-state index contributed by atoms with van der Waals surface area (Å²) in [6.07, 6.45) is 1.95. The number of benzene rings is 2. The molecule has 1 aliphatic heterocycles. The Bertz CT molecular complexity index is 1270. The maximum atomic E-state index is 14.9. The summed E-state index contributed by atoms with van der Waals surface area (Å²) in [5, 5.41) is 0. The van der Waals surface area contributed by atoms with Crippen LogP contribution in [0, 0.1) is 17.0 Å². The van der Waals surface area contributed by atoms with Gasteiger partial charge in [0.1, 0.15) is 24.1 Å². The highest BCUT2D eigenvalue weighted by atomic mass is 19.1. The van der Waals surface area contributed by atoms with E-state index < -0.39 is 35.8 Å². The van der Waals surface area contributed by atoms with E-state index in [0.29, 0.717) is 38.7 Å². The number of alkyl halides is 1. The first-order chi connectivity index (χ1) is 19.1. The fourth-order valence-corrected chi connectivity index (χ4v) is 5.03. The van der Waals surface area contributed by atoms with Crippen molar-refractivity contribution in [3.05, 3.63) is 77.8 Å². The molecule has 1 aliphatic rings. The van der Waals surface area contributed by atoms with Crippen molar-refractivity contribution in [3.8, 4) is 11.3 Å². The molecule has 2 N–H and O–H groups in total. The third kappa shape index (κ3) is 7.03. The number of carbonyl (C=O) groups is 1. The summed E-state index contributed by atoms with van der Waals surface area (Å²) in [7, 11) is 0. The monoisotopic (exact) mass is 557 g/mol. The first-order valence-electron chi connectivity index (χ1n) is 13.6. The lowest BCUT2D eigenvalue weighted by Crippen LogP contribution is -2.52. The van der Waals surface area contributed by atoms with Crippen LogP contribution in [0.4, 0.5) is 18.0 Å². The number of imidazole rings is 1. The Morgan fingerprint density at radius 1 is 1.12 bits per heavy atom. The third-order valence-electron chi connectivity index (χ3n) is 7.05. The molecule has 1 saturated heterocycles. The van der Waals surface area contributed by atoms with Crippen molar-refractivity contribution in [2.75, 3.05) is 39.5 Å². The number of halogens is 3. The van der Waals surface area contributed by atoms with E-state index in [-0.39, 0.29) is 30.3 Å². The lowest BCUT2D eigenvalue weighted by atomic mass is 9.84. The average molecular weight is 558 g/mol. The van der Waals surface area contributed by atoms with Crippen molar-refractivity contribution in [2.45, 2.75) is 45.8 Å². The van der Waals surface area contributed by atoms with Crippen LogP contribution in [-0.4, -0.2) is 70.9 Å². The normalized spacial score (nSPS) is 15.6. The van der Waals surface area contributed by atoms with E-state index in [1.54, 1.807) is 16.0 Å². The summed E-state index contributed by atoms with van der Waals surface area (Å²) in [5.74, 6) is -0.655. The summed E-state index contributed by atoms with van der Waals surface area (Å²) >= 11 is 0. The number of rotatable bonds is 9. The van der Waals surface area contributed by atoms with Gasteiger partial charge in [-0.2, -0.15) is 0 Å². The Labute approximate surface area is 233 Å². The van der Waals surface area contributed by atoms with E-state index >= 15 is 0 Å². The van der Waals surface area contributed by atoms with Crippen molar-refractivity contribution in [2.24, 2.45) is 11.1 Å². The van der Waals surface area contributed by atoms with E-state index in [1.807, 2.05) is 55.7 Å². The summed E-state index contributed by atoms with van der Waals surface area (Å²) < 4.78 is 49.8. The highest BCUT2D eigenvalue weighted by Gasteiger charge is 2.40. The van der Waals surface area contributed by atoms with Gasteiger partial charge in [0.05, 0.1) is 24.9 Å². The second kappa shape index (κ2) is 12.9. The van der Waals surface area contributed by atoms with Crippen LogP contribution in [0.2, 0.25) is 0 Å². The topological polar surface area (TPSA) is 76.6 Å². The van der Waals surface area contributed by atoms with Gasteiger partial charge >= 0.3 is 6.03 Å². The van der Waals surface area contributed by atoms with E-state index in [1.165, 1.54) is 0 Å². The second-order valence-corrected chi connectivity index (χ2v) is 11.3. The van der Waals surface area contributed by atoms with Gasteiger partial charge in [-0.3, -0.25) is 0 Å². The molecule has 0 bridgehead atoms. The number of ether oxygens (including phenoxy) is 1. The number of aromatic nitrogens is 2. The molecule has 0 saturated carbocycles. The molecule has 2 atom stereocenters. The lowest BCUT2D eigenvalue weighted by molar-refractivity contribution is 0.0277. The summed E-state index contributed by atoms with van der Waals surface area (Å²) in [6, 6.07) is 11.4. The highest BCUT2D eigenvalue weighted by Crippen LogP contribution is 2.40. The smallest absolute Gasteiger partial charge is 0.320 e. The van der Waals surface area contributed by atoms with Crippen molar-refractivity contribution in [3.63, 3.8) is 0 Å². The Morgan fingerprint density at radius 2 is 1.82 bits per heavy atom. The van der Waals surface area contributed by atoms with E-state index in [0.717, 1.165) is 23.8 Å². The molecule has 10 heteroatoms. The Hall–Kier alpha value is -3.37. The SMILES string of the molecule is CC(C)(C)[C@@H](c1nc(-c2cc(F)ccc2F)cn1Cc1ccccc1)N(CC[C@H](N)CF)C(=O)N1CCOCC1. The summed E-state index contributed by atoms with van der Waals surface area (Å²) in [4.78, 5) is 22.3. The Kier molecular flexibility index (Phi) is 9.52. The number of urea groups is 1. The maximum Gasteiger partial charge on any atom is 0.320 e. The van der Waals surface area contributed by atoms with Gasteiger partial charge in [0, 0.05) is 44.0 Å². The second-order valence-electron chi connectivity index (χ2n) is 11.3. The van der Waals surface area contributed by atoms with Crippen molar-refractivity contribution >= 4 is 6.03 Å². The van der Waals surface area contributed by atoms with E-state index in [9.17, 15) is 18.0 Å². The first-order valence-corrected chi connectivity index (χ1v) is 13.6. The Balaban J connectivity index is 1.85. The van der Waals surface area contributed by atoms with E-state index in [4.69, 9.17) is 15.5 Å². The highest BCUT2D eigenvalue weighted by molar-refractivity contribution is 5.75. The van der Waals surface area contributed by atoms with Crippen molar-refractivity contribution < 1.29 is 22.7 Å². The molecule has 3 aromatic rings. The van der Waals surface area contributed by atoms with Crippen LogP contribution in [0.25, 0.3) is 11.3 Å².